The van der Waals surface area contributed by atoms with Crippen molar-refractivity contribution in [3.05, 3.63) is 70.2 Å². The van der Waals surface area contributed by atoms with Gasteiger partial charge in [0.1, 0.15) is 6.04 Å². The maximum atomic E-state index is 14.0. The molecule has 2 aromatic rings. The van der Waals surface area contributed by atoms with E-state index in [1.54, 1.807) is 55.6 Å². The largest absolute Gasteiger partial charge is 0.350 e. The Hall–Kier alpha value is -3.03. The lowest BCUT2D eigenvalue weighted by atomic mass is 9.97. The van der Waals surface area contributed by atoms with E-state index in [9.17, 15) is 22.8 Å². The van der Waals surface area contributed by atoms with Gasteiger partial charge in [-0.2, -0.15) is 4.72 Å². The second kappa shape index (κ2) is 15.1. The third-order valence-electron chi connectivity index (χ3n) is 8.04. The summed E-state index contributed by atoms with van der Waals surface area (Å²) in [5.74, 6) is -1.92. The number of piperidine rings is 1. The van der Waals surface area contributed by atoms with Gasteiger partial charge in [-0.05, 0) is 73.5 Å². The van der Waals surface area contributed by atoms with Gasteiger partial charge in [-0.15, -0.1) is 0 Å². The average Bonchev–Trinajstić information content (AvgIpc) is 3.49. The molecule has 2 aliphatic heterocycles. The van der Waals surface area contributed by atoms with Crippen molar-refractivity contribution in [1.29, 1.82) is 0 Å². The number of nitrogens with two attached hydrogens (primary N) is 1. The van der Waals surface area contributed by atoms with Gasteiger partial charge >= 0.3 is 0 Å². The van der Waals surface area contributed by atoms with Crippen LogP contribution in [0.15, 0.2) is 48.5 Å². The summed E-state index contributed by atoms with van der Waals surface area (Å²) in [6.45, 7) is 2.74. The maximum Gasteiger partial charge on any atom is 0.251 e. The standard InChI is InChI=1S/C30H41ClN6O5S/c1-36(19-21-11-13-33-14-12-21)29(39)27(35-43(41,42)20-22-6-3-2-4-7-22)30(40)37-15-5-8-26(37)28(38)34-18-24-16-25(31)10-9-23(24)17-32/h2-4,6-7,9-10,16,21,26-27,33,35H,5,8,11-15,17-20,32H2,1H3,(H,34,38)/t26-,27?/m0/s1. The first kappa shape index (κ1) is 32.9. The van der Waals surface area contributed by atoms with Gasteiger partial charge in [-0.3, -0.25) is 14.4 Å². The zero-order chi connectivity index (χ0) is 31.0. The summed E-state index contributed by atoms with van der Waals surface area (Å²) in [4.78, 5) is 43.8. The molecule has 0 radical (unpaired) electrons. The van der Waals surface area contributed by atoms with Crippen LogP contribution < -0.4 is 21.1 Å². The second-order valence-electron chi connectivity index (χ2n) is 11.2. The molecule has 13 heteroatoms. The van der Waals surface area contributed by atoms with Crippen LogP contribution in [0.3, 0.4) is 0 Å². The molecule has 2 fully saturated rings. The van der Waals surface area contributed by atoms with Gasteiger partial charge in [0.05, 0.1) is 5.75 Å². The Balaban J connectivity index is 1.51. The van der Waals surface area contributed by atoms with Gasteiger partial charge < -0.3 is 26.2 Å². The fourth-order valence-electron chi connectivity index (χ4n) is 5.71. The molecule has 1 unspecified atom stereocenters. The Bertz CT molecular complexity index is 1390. The average molecular weight is 633 g/mol. The molecule has 5 N–H and O–H groups in total. The third kappa shape index (κ3) is 8.99. The molecule has 11 nitrogen and oxygen atoms in total. The molecular weight excluding hydrogens is 592 g/mol. The van der Waals surface area contributed by atoms with Crippen LogP contribution >= 0.6 is 11.6 Å². The molecule has 2 aliphatic rings. The number of nitrogens with zero attached hydrogens (tertiary/aromatic N) is 2. The van der Waals surface area contributed by atoms with Crippen molar-refractivity contribution in [1.82, 2.24) is 25.2 Å². The second-order valence-corrected chi connectivity index (χ2v) is 13.4. The number of halogens is 1. The predicted octanol–water partition coefficient (Wildman–Crippen LogP) is 1.35. The highest BCUT2D eigenvalue weighted by atomic mass is 35.5. The first-order valence-corrected chi connectivity index (χ1v) is 16.7. The number of hydrogen-bond donors (Lipinski definition) is 4. The van der Waals surface area contributed by atoms with E-state index >= 15 is 0 Å². The molecule has 234 valence electrons. The molecule has 0 aliphatic carbocycles. The highest BCUT2D eigenvalue weighted by Crippen LogP contribution is 2.22. The van der Waals surface area contributed by atoms with Crippen molar-refractivity contribution in [3.8, 4) is 0 Å². The van der Waals surface area contributed by atoms with E-state index in [1.807, 2.05) is 0 Å². The van der Waals surface area contributed by atoms with Crippen LogP contribution in [0.25, 0.3) is 0 Å². The van der Waals surface area contributed by atoms with E-state index in [1.165, 1.54) is 9.80 Å². The Labute approximate surface area is 258 Å². The van der Waals surface area contributed by atoms with Gasteiger partial charge in [0.2, 0.25) is 21.8 Å². The number of hydrogen-bond acceptors (Lipinski definition) is 7. The number of benzene rings is 2. The van der Waals surface area contributed by atoms with Crippen LogP contribution in [0.2, 0.25) is 5.02 Å². The van der Waals surface area contributed by atoms with Crippen molar-refractivity contribution < 1.29 is 22.8 Å². The minimum atomic E-state index is -4.10. The van der Waals surface area contributed by atoms with Crippen molar-refractivity contribution in [3.63, 3.8) is 0 Å². The number of carbonyl (C=O) groups excluding carboxylic acids is 3. The maximum absolute atomic E-state index is 14.0. The lowest BCUT2D eigenvalue weighted by Gasteiger charge is -2.32. The first-order chi connectivity index (χ1) is 20.6. The van der Waals surface area contributed by atoms with Gasteiger partial charge in [0.15, 0.2) is 6.04 Å². The zero-order valence-electron chi connectivity index (χ0n) is 24.4. The Morgan fingerprint density at radius 3 is 2.51 bits per heavy atom. The van der Waals surface area contributed by atoms with E-state index in [0.29, 0.717) is 30.0 Å². The quantitative estimate of drug-likeness (QED) is 0.258. The van der Waals surface area contributed by atoms with Crippen molar-refractivity contribution in [2.45, 2.75) is 56.6 Å². The number of sulfonamides is 1. The first-order valence-electron chi connectivity index (χ1n) is 14.6. The summed E-state index contributed by atoms with van der Waals surface area (Å²) in [6.07, 6.45) is 2.68. The topological polar surface area (TPSA) is 154 Å². The predicted molar refractivity (Wildman–Crippen MR) is 165 cm³/mol. The monoisotopic (exact) mass is 632 g/mol. The van der Waals surface area contributed by atoms with Crippen LogP contribution in [0.4, 0.5) is 0 Å². The summed E-state index contributed by atoms with van der Waals surface area (Å²) in [5.41, 5.74) is 7.95. The van der Waals surface area contributed by atoms with E-state index in [0.717, 1.165) is 37.1 Å². The van der Waals surface area contributed by atoms with Crippen molar-refractivity contribution in [2.75, 3.05) is 33.2 Å². The third-order valence-corrected chi connectivity index (χ3v) is 9.58. The minimum Gasteiger partial charge on any atom is -0.350 e. The van der Waals surface area contributed by atoms with E-state index in [2.05, 4.69) is 15.4 Å². The van der Waals surface area contributed by atoms with Gasteiger partial charge in [0, 0.05) is 38.2 Å². The molecule has 0 saturated carbocycles. The highest BCUT2D eigenvalue weighted by molar-refractivity contribution is 7.88. The van der Waals surface area contributed by atoms with E-state index < -0.39 is 45.6 Å². The smallest absolute Gasteiger partial charge is 0.251 e. The number of nitrogens with one attached hydrogen (secondary N) is 3. The van der Waals surface area contributed by atoms with Crippen LogP contribution in [0, 0.1) is 5.92 Å². The Kier molecular flexibility index (Phi) is 11.6. The summed E-state index contributed by atoms with van der Waals surface area (Å²) in [7, 11) is -2.51. The summed E-state index contributed by atoms with van der Waals surface area (Å²) in [5, 5.41) is 6.67. The highest BCUT2D eigenvalue weighted by Gasteiger charge is 2.42. The molecule has 43 heavy (non-hydrogen) atoms. The Morgan fingerprint density at radius 2 is 1.81 bits per heavy atom. The lowest BCUT2D eigenvalue weighted by Crippen LogP contribution is -2.59. The number of rotatable bonds is 12. The number of amides is 3. The molecule has 4 rings (SSSR count). The molecule has 0 bridgehead atoms. The Morgan fingerprint density at radius 1 is 1.09 bits per heavy atom. The number of likely N-dealkylation sites (N-methyl/N-ethyl adjacent to an activating group) is 1. The van der Waals surface area contributed by atoms with Crippen LogP contribution in [-0.2, 0) is 43.2 Å². The SMILES string of the molecule is CN(CC1CCNCC1)C(=O)C(NS(=O)(=O)Cc1ccccc1)C(=O)N1CCC[C@H]1C(=O)NCc1cc(Cl)ccc1CN. The van der Waals surface area contributed by atoms with Gasteiger partial charge in [-0.1, -0.05) is 48.0 Å². The molecule has 2 heterocycles. The van der Waals surface area contributed by atoms with E-state index in [4.69, 9.17) is 17.3 Å². The van der Waals surface area contributed by atoms with Gasteiger partial charge in [-0.25, -0.2) is 8.42 Å². The fraction of sp³-hybridized carbons (Fsp3) is 0.500. The zero-order valence-corrected chi connectivity index (χ0v) is 26.0. The molecular formula is C30H41ClN6O5S. The van der Waals surface area contributed by atoms with Crippen LogP contribution in [0.5, 0.6) is 0 Å². The number of likely N-dealkylation sites (tertiary alicyclic amines) is 1. The van der Waals surface area contributed by atoms with Gasteiger partial charge in [0.25, 0.3) is 5.91 Å². The molecule has 3 amide bonds. The van der Waals surface area contributed by atoms with Crippen LogP contribution in [0.1, 0.15) is 42.4 Å². The summed E-state index contributed by atoms with van der Waals surface area (Å²) in [6, 6.07) is 11.3. The minimum absolute atomic E-state index is 0.162. The number of carbonyl (C=O) groups is 3. The lowest BCUT2D eigenvalue weighted by molar-refractivity contribution is -0.146. The van der Waals surface area contributed by atoms with Crippen molar-refractivity contribution in [2.24, 2.45) is 11.7 Å². The van der Waals surface area contributed by atoms with Crippen LogP contribution in [-0.4, -0.2) is 81.2 Å². The molecule has 2 atom stereocenters. The van der Waals surface area contributed by atoms with Crippen molar-refractivity contribution >= 4 is 39.3 Å². The normalized spacial score (nSPS) is 18.3. The molecule has 2 saturated heterocycles. The molecule has 2 aromatic carbocycles. The summed E-state index contributed by atoms with van der Waals surface area (Å²) >= 11 is 6.13. The fourth-order valence-corrected chi connectivity index (χ4v) is 7.18. The molecule has 0 spiro atoms. The summed E-state index contributed by atoms with van der Waals surface area (Å²) < 4.78 is 28.9. The van der Waals surface area contributed by atoms with E-state index in [-0.39, 0.29) is 25.6 Å². The molecule has 0 aromatic heterocycles.